The fourth-order valence-electron chi connectivity index (χ4n) is 1.51. The molecule has 0 radical (unpaired) electrons. The molecular formula is C12H15FO3. The van der Waals surface area contributed by atoms with Crippen molar-refractivity contribution in [3.8, 4) is 0 Å². The summed E-state index contributed by atoms with van der Waals surface area (Å²) in [7, 11) is 1.23. The van der Waals surface area contributed by atoms with Crippen LogP contribution < -0.4 is 0 Å². The SMILES string of the molecule is COC(=O)C(C)C(C)(O)c1ccccc1F. The molecule has 0 saturated carbocycles. The zero-order valence-electron chi connectivity index (χ0n) is 9.53. The molecule has 0 aliphatic rings. The van der Waals surface area contributed by atoms with Crippen molar-refractivity contribution >= 4 is 5.97 Å². The Kier molecular flexibility index (Phi) is 3.65. The molecule has 1 N–H and O–H groups in total. The average Bonchev–Trinajstić information content (AvgIpc) is 2.27. The van der Waals surface area contributed by atoms with E-state index in [0.29, 0.717) is 0 Å². The summed E-state index contributed by atoms with van der Waals surface area (Å²) >= 11 is 0. The normalized spacial score (nSPS) is 16.3. The second-order valence-electron chi connectivity index (χ2n) is 3.87. The van der Waals surface area contributed by atoms with Gasteiger partial charge in [-0.25, -0.2) is 4.39 Å². The summed E-state index contributed by atoms with van der Waals surface area (Å²) in [6.45, 7) is 2.89. The molecule has 2 atom stereocenters. The third kappa shape index (κ3) is 2.22. The number of esters is 1. The van der Waals surface area contributed by atoms with Crippen molar-refractivity contribution < 1.29 is 19.0 Å². The van der Waals surface area contributed by atoms with Crippen LogP contribution in [-0.2, 0) is 15.1 Å². The first kappa shape index (κ1) is 12.6. The van der Waals surface area contributed by atoms with Crippen molar-refractivity contribution in [3.63, 3.8) is 0 Å². The van der Waals surface area contributed by atoms with Crippen LogP contribution in [0, 0.1) is 11.7 Å². The van der Waals surface area contributed by atoms with Gasteiger partial charge in [0.2, 0.25) is 0 Å². The topological polar surface area (TPSA) is 46.5 Å². The van der Waals surface area contributed by atoms with Gasteiger partial charge in [0.1, 0.15) is 11.4 Å². The van der Waals surface area contributed by atoms with Gasteiger partial charge in [-0.15, -0.1) is 0 Å². The number of methoxy groups -OCH3 is 1. The van der Waals surface area contributed by atoms with E-state index in [0.717, 1.165) is 0 Å². The number of hydrogen-bond acceptors (Lipinski definition) is 3. The Labute approximate surface area is 93.9 Å². The lowest BCUT2D eigenvalue weighted by Gasteiger charge is -2.29. The fraction of sp³-hybridized carbons (Fsp3) is 0.417. The number of halogens is 1. The van der Waals surface area contributed by atoms with Crippen molar-refractivity contribution in [1.29, 1.82) is 0 Å². The third-order valence-corrected chi connectivity index (χ3v) is 2.82. The molecule has 1 aromatic rings. The Hall–Kier alpha value is -1.42. The highest BCUT2D eigenvalue weighted by Crippen LogP contribution is 2.31. The molecule has 1 aromatic carbocycles. The Morgan fingerprint density at radius 2 is 2.06 bits per heavy atom. The molecule has 0 bridgehead atoms. The monoisotopic (exact) mass is 226 g/mol. The molecule has 88 valence electrons. The summed E-state index contributed by atoms with van der Waals surface area (Å²) in [6.07, 6.45) is 0. The van der Waals surface area contributed by atoms with E-state index < -0.39 is 23.3 Å². The molecule has 4 heteroatoms. The summed E-state index contributed by atoms with van der Waals surface area (Å²) in [5, 5.41) is 10.2. The fourth-order valence-corrected chi connectivity index (χ4v) is 1.51. The number of ether oxygens (including phenoxy) is 1. The Balaban J connectivity index is 3.11. The van der Waals surface area contributed by atoms with Gasteiger partial charge in [-0.05, 0) is 19.9 Å². The predicted octanol–water partition coefficient (Wildman–Crippen LogP) is 1.84. The van der Waals surface area contributed by atoms with Gasteiger partial charge in [0.05, 0.1) is 13.0 Å². The maximum absolute atomic E-state index is 13.5. The first-order chi connectivity index (χ1) is 7.41. The summed E-state index contributed by atoms with van der Waals surface area (Å²) < 4.78 is 18.0. The molecule has 0 spiro atoms. The van der Waals surface area contributed by atoms with E-state index in [9.17, 15) is 14.3 Å². The predicted molar refractivity (Wildman–Crippen MR) is 57.2 cm³/mol. The van der Waals surface area contributed by atoms with Crippen molar-refractivity contribution in [3.05, 3.63) is 35.6 Å². The molecule has 0 aliphatic heterocycles. The third-order valence-electron chi connectivity index (χ3n) is 2.82. The van der Waals surface area contributed by atoms with Gasteiger partial charge in [-0.3, -0.25) is 4.79 Å². The van der Waals surface area contributed by atoms with Crippen molar-refractivity contribution in [1.82, 2.24) is 0 Å². The number of hydrogen-bond donors (Lipinski definition) is 1. The van der Waals surface area contributed by atoms with Crippen LogP contribution >= 0.6 is 0 Å². The van der Waals surface area contributed by atoms with Crippen molar-refractivity contribution in [2.24, 2.45) is 5.92 Å². The molecule has 1 rings (SSSR count). The minimum absolute atomic E-state index is 0.0906. The highest BCUT2D eigenvalue weighted by molar-refractivity contribution is 5.73. The second kappa shape index (κ2) is 4.61. The van der Waals surface area contributed by atoms with Crippen LogP contribution in [0.1, 0.15) is 19.4 Å². The Morgan fingerprint density at radius 3 is 2.56 bits per heavy atom. The highest BCUT2D eigenvalue weighted by Gasteiger charge is 2.37. The quantitative estimate of drug-likeness (QED) is 0.800. The van der Waals surface area contributed by atoms with Crippen molar-refractivity contribution in [2.45, 2.75) is 19.4 Å². The van der Waals surface area contributed by atoms with Crippen LogP contribution in [-0.4, -0.2) is 18.2 Å². The minimum Gasteiger partial charge on any atom is -0.469 e. The van der Waals surface area contributed by atoms with Gasteiger partial charge >= 0.3 is 5.97 Å². The van der Waals surface area contributed by atoms with Crippen LogP contribution in [0.3, 0.4) is 0 Å². The van der Waals surface area contributed by atoms with E-state index >= 15 is 0 Å². The molecule has 2 unspecified atom stereocenters. The average molecular weight is 226 g/mol. The lowest BCUT2D eigenvalue weighted by Crippen LogP contribution is -2.36. The van der Waals surface area contributed by atoms with Gasteiger partial charge in [0.15, 0.2) is 0 Å². The largest absolute Gasteiger partial charge is 0.469 e. The molecule has 0 heterocycles. The van der Waals surface area contributed by atoms with Gasteiger partial charge in [0.25, 0.3) is 0 Å². The molecule has 16 heavy (non-hydrogen) atoms. The number of carbonyl (C=O) groups excluding carboxylic acids is 1. The maximum Gasteiger partial charge on any atom is 0.311 e. The molecule has 0 fully saturated rings. The first-order valence-electron chi connectivity index (χ1n) is 4.96. The van der Waals surface area contributed by atoms with E-state index in [1.54, 1.807) is 6.07 Å². The van der Waals surface area contributed by atoms with E-state index in [2.05, 4.69) is 4.74 Å². The van der Waals surface area contributed by atoms with E-state index in [1.807, 2.05) is 0 Å². The zero-order chi connectivity index (χ0) is 12.3. The molecule has 0 aromatic heterocycles. The van der Waals surface area contributed by atoms with E-state index in [-0.39, 0.29) is 5.56 Å². The van der Waals surface area contributed by atoms with E-state index in [4.69, 9.17) is 0 Å². The summed E-state index contributed by atoms with van der Waals surface area (Å²) in [5.41, 5.74) is -1.49. The summed E-state index contributed by atoms with van der Waals surface area (Å²) in [5.74, 6) is -1.95. The Morgan fingerprint density at radius 1 is 1.50 bits per heavy atom. The molecule has 0 saturated heterocycles. The number of carbonyl (C=O) groups is 1. The summed E-state index contributed by atoms with van der Waals surface area (Å²) in [4.78, 5) is 11.3. The van der Waals surface area contributed by atoms with Gasteiger partial charge in [0, 0.05) is 5.56 Å². The van der Waals surface area contributed by atoms with Crippen LogP contribution in [0.2, 0.25) is 0 Å². The van der Waals surface area contributed by atoms with Crippen LogP contribution in [0.25, 0.3) is 0 Å². The van der Waals surface area contributed by atoms with Crippen LogP contribution in [0.4, 0.5) is 4.39 Å². The van der Waals surface area contributed by atoms with Crippen molar-refractivity contribution in [2.75, 3.05) is 7.11 Å². The number of benzene rings is 1. The molecule has 0 aliphatic carbocycles. The minimum atomic E-state index is -1.58. The standard InChI is InChI=1S/C12H15FO3/c1-8(11(14)16-3)12(2,15)9-6-4-5-7-10(9)13/h4-8,15H,1-3H3. The lowest BCUT2D eigenvalue weighted by atomic mass is 9.84. The number of rotatable bonds is 3. The molecule has 0 amide bonds. The maximum atomic E-state index is 13.5. The van der Waals surface area contributed by atoms with Crippen LogP contribution in [0.5, 0.6) is 0 Å². The number of aliphatic hydroxyl groups is 1. The van der Waals surface area contributed by atoms with E-state index in [1.165, 1.54) is 39.2 Å². The van der Waals surface area contributed by atoms with Gasteiger partial charge in [-0.2, -0.15) is 0 Å². The smallest absolute Gasteiger partial charge is 0.311 e. The molecule has 3 nitrogen and oxygen atoms in total. The van der Waals surface area contributed by atoms with Gasteiger partial charge in [-0.1, -0.05) is 18.2 Å². The second-order valence-corrected chi connectivity index (χ2v) is 3.87. The van der Waals surface area contributed by atoms with Gasteiger partial charge < -0.3 is 9.84 Å². The molecular weight excluding hydrogens is 211 g/mol. The lowest BCUT2D eigenvalue weighted by molar-refractivity contribution is -0.154. The highest BCUT2D eigenvalue weighted by atomic mass is 19.1. The Bertz CT molecular complexity index is 388. The summed E-state index contributed by atoms with van der Waals surface area (Å²) in [6, 6.07) is 5.83. The van der Waals surface area contributed by atoms with Crippen LogP contribution in [0.15, 0.2) is 24.3 Å². The first-order valence-corrected chi connectivity index (χ1v) is 4.96. The zero-order valence-corrected chi connectivity index (χ0v) is 9.53.